The van der Waals surface area contributed by atoms with E-state index < -0.39 is 5.79 Å². The van der Waals surface area contributed by atoms with Gasteiger partial charge in [-0.1, -0.05) is 36.4 Å². The fraction of sp³-hybridized carbons (Fsp3) is 0.357. The van der Waals surface area contributed by atoms with Gasteiger partial charge in [-0.2, -0.15) is 5.10 Å². The minimum Gasteiger partial charge on any atom is -0.344 e. The van der Waals surface area contributed by atoms with Crippen LogP contribution in [0.1, 0.15) is 12.0 Å². The van der Waals surface area contributed by atoms with Crippen molar-refractivity contribution in [3.8, 4) is 0 Å². The number of rotatable bonds is 3. The number of benzene rings is 1. The monoisotopic (exact) mass is 244 g/mol. The van der Waals surface area contributed by atoms with Crippen LogP contribution < -0.4 is 5.43 Å². The maximum atomic E-state index is 5.60. The summed E-state index contributed by atoms with van der Waals surface area (Å²) in [5.74, 6) is -0.500. The molecule has 0 bridgehead atoms. The van der Waals surface area contributed by atoms with Gasteiger partial charge in [0, 0.05) is 6.42 Å². The lowest BCUT2D eigenvalue weighted by Crippen LogP contribution is -2.31. The van der Waals surface area contributed by atoms with Gasteiger partial charge in [0.1, 0.15) is 0 Å². The van der Waals surface area contributed by atoms with Crippen LogP contribution in [0.5, 0.6) is 0 Å². The molecule has 0 radical (unpaired) electrons. The second-order valence-electron chi connectivity index (χ2n) is 4.48. The van der Waals surface area contributed by atoms with Crippen LogP contribution in [0.3, 0.4) is 0 Å². The second-order valence-corrected chi connectivity index (χ2v) is 4.48. The molecule has 1 atom stereocenters. The fourth-order valence-electron chi connectivity index (χ4n) is 2.23. The Morgan fingerprint density at radius 2 is 2.00 bits per heavy atom. The summed E-state index contributed by atoms with van der Waals surface area (Å²) in [6.07, 6.45) is 6.62. The molecular weight excluding hydrogens is 228 g/mol. The molecule has 1 aromatic rings. The van der Waals surface area contributed by atoms with Gasteiger partial charge in [-0.25, -0.2) is 0 Å². The molecule has 4 nitrogen and oxygen atoms in total. The van der Waals surface area contributed by atoms with Gasteiger partial charge < -0.3 is 14.9 Å². The van der Waals surface area contributed by atoms with E-state index in [0.29, 0.717) is 13.2 Å². The number of hydrogen-bond donors (Lipinski definition) is 1. The summed E-state index contributed by atoms with van der Waals surface area (Å²) in [6.45, 7) is 1.34. The number of hydrazone groups is 1. The van der Waals surface area contributed by atoms with Crippen molar-refractivity contribution >= 4 is 6.21 Å². The predicted molar refractivity (Wildman–Crippen MR) is 69.4 cm³/mol. The van der Waals surface area contributed by atoms with Crippen molar-refractivity contribution in [3.05, 3.63) is 48.0 Å². The van der Waals surface area contributed by atoms with E-state index in [1.165, 1.54) is 0 Å². The van der Waals surface area contributed by atoms with Crippen LogP contribution in [0.25, 0.3) is 0 Å². The molecule has 0 saturated carbocycles. The smallest absolute Gasteiger partial charge is 0.190 e. The lowest BCUT2D eigenvalue weighted by molar-refractivity contribution is -0.117. The Morgan fingerprint density at radius 1 is 1.22 bits per heavy atom. The third-order valence-corrected chi connectivity index (χ3v) is 3.12. The van der Waals surface area contributed by atoms with Crippen molar-refractivity contribution in [1.82, 2.24) is 5.43 Å². The molecule has 1 fully saturated rings. The zero-order valence-corrected chi connectivity index (χ0v) is 10.1. The average Bonchev–Trinajstić information content (AvgIpc) is 3.02. The van der Waals surface area contributed by atoms with Crippen molar-refractivity contribution in [2.75, 3.05) is 13.2 Å². The molecular formula is C14H16N2O2. The first-order valence-electron chi connectivity index (χ1n) is 6.17. The van der Waals surface area contributed by atoms with E-state index in [-0.39, 0.29) is 6.04 Å². The quantitative estimate of drug-likeness (QED) is 0.500. The van der Waals surface area contributed by atoms with Crippen molar-refractivity contribution in [1.29, 1.82) is 0 Å². The van der Waals surface area contributed by atoms with E-state index in [4.69, 9.17) is 9.47 Å². The molecule has 1 unspecified atom stereocenters. The lowest BCUT2D eigenvalue weighted by Gasteiger charge is -2.20. The second kappa shape index (κ2) is 4.92. The third kappa shape index (κ3) is 2.44. The molecule has 0 aromatic heterocycles. The van der Waals surface area contributed by atoms with Gasteiger partial charge >= 0.3 is 0 Å². The number of ether oxygens (including phenoxy) is 2. The Bertz CT molecular complexity index is 450. The maximum Gasteiger partial charge on any atom is 0.190 e. The third-order valence-electron chi connectivity index (χ3n) is 3.12. The first-order chi connectivity index (χ1) is 8.86. The zero-order chi connectivity index (χ0) is 12.3. The Morgan fingerprint density at radius 3 is 2.78 bits per heavy atom. The van der Waals surface area contributed by atoms with Gasteiger partial charge in [0.2, 0.25) is 0 Å². The molecule has 1 aliphatic carbocycles. The Hall–Kier alpha value is -1.65. The van der Waals surface area contributed by atoms with Gasteiger partial charge in [-0.05, 0) is 11.6 Å². The number of nitrogens with zero attached hydrogens (tertiary/aromatic N) is 1. The van der Waals surface area contributed by atoms with Crippen LogP contribution in [0.4, 0.5) is 0 Å². The molecule has 94 valence electrons. The minimum atomic E-state index is -0.500. The van der Waals surface area contributed by atoms with Gasteiger partial charge in [-0.3, -0.25) is 0 Å². The normalized spacial score (nSPS) is 25.2. The van der Waals surface area contributed by atoms with Crippen LogP contribution in [-0.2, 0) is 9.47 Å². The highest BCUT2D eigenvalue weighted by molar-refractivity contribution is 5.79. The first kappa shape index (κ1) is 11.4. The van der Waals surface area contributed by atoms with Crippen LogP contribution in [0.2, 0.25) is 0 Å². The van der Waals surface area contributed by atoms with E-state index in [2.05, 4.69) is 10.5 Å². The van der Waals surface area contributed by atoms with Crippen molar-refractivity contribution < 1.29 is 9.47 Å². The van der Waals surface area contributed by atoms with E-state index in [1.807, 2.05) is 48.7 Å². The molecule has 1 spiro atoms. The number of hydrogen-bond acceptors (Lipinski definition) is 4. The summed E-state index contributed by atoms with van der Waals surface area (Å²) >= 11 is 0. The SMILES string of the molecule is C1=CC2(CC1N/N=C/c1ccccc1)OCCO2. The molecule has 1 aromatic carbocycles. The highest BCUT2D eigenvalue weighted by atomic mass is 16.7. The van der Waals surface area contributed by atoms with Crippen molar-refractivity contribution in [2.24, 2.45) is 5.10 Å². The summed E-state index contributed by atoms with van der Waals surface area (Å²) < 4.78 is 11.2. The molecule has 4 heteroatoms. The summed E-state index contributed by atoms with van der Waals surface area (Å²) in [5.41, 5.74) is 4.18. The van der Waals surface area contributed by atoms with E-state index in [9.17, 15) is 0 Å². The van der Waals surface area contributed by atoms with Crippen molar-refractivity contribution in [2.45, 2.75) is 18.2 Å². The van der Waals surface area contributed by atoms with Crippen LogP contribution >= 0.6 is 0 Å². The maximum absolute atomic E-state index is 5.60. The zero-order valence-electron chi connectivity index (χ0n) is 10.1. The Balaban J connectivity index is 1.53. The molecule has 1 aliphatic heterocycles. The summed E-state index contributed by atoms with van der Waals surface area (Å²) in [6, 6.07) is 10.2. The van der Waals surface area contributed by atoms with Gasteiger partial charge in [0.15, 0.2) is 5.79 Å². The van der Waals surface area contributed by atoms with E-state index in [0.717, 1.165) is 12.0 Å². The van der Waals surface area contributed by atoms with E-state index in [1.54, 1.807) is 0 Å². The Labute approximate surface area is 106 Å². The van der Waals surface area contributed by atoms with E-state index >= 15 is 0 Å². The van der Waals surface area contributed by atoms with Crippen LogP contribution in [0.15, 0.2) is 47.6 Å². The summed E-state index contributed by atoms with van der Waals surface area (Å²) in [5, 5.41) is 4.24. The van der Waals surface area contributed by atoms with Gasteiger partial charge in [-0.15, -0.1) is 0 Å². The van der Waals surface area contributed by atoms with Crippen molar-refractivity contribution in [3.63, 3.8) is 0 Å². The Kier molecular flexibility index (Phi) is 3.13. The highest BCUT2D eigenvalue weighted by Gasteiger charge is 2.39. The topological polar surface area (TPSA) is 42.9 Å². The molecule has 1 heterocycles. The summed E-state index contributed by atoms with van der Waals surface area (Å²) in [7, 11) is 0. The molecule has 3 rings (SSSR count). The predicted octanol–water partition coefficient (Wildman–Crippen LogP) is 1.68. The van der Waals surface area contributed by atoms with Gasteiger partial charge in [0.25, 0.3) is 0 Å². The highest BCUT2D eigenvalue weighted by Crippen LogP contribution is 2.31. The first-order valence-corrected chi connectivity index (χ1v) is 6.17. The molecule has 1 N–H and O–H groups in total. The molecule has 0 amide bonds. The molecule has 1 saturated heterocycles. The fourth-order valence-corrected chi connectivity index (χ4v) is 2.23. The standard InChI is InChI=1S/C14H16N2O2/c1-2-4-12(5-3-1)11-15-16-13-6-7-14(10-13)17-8-9-18-14/h1-7,11,13,16H,8-10H2/b15-11+. The molecule has 18 heavy (non-hydrogen) atoms. The van der Waals surface area contributed by atoms with Gasteiger partial charge in [0.05, 0.1) is 25.5 Å². The molecule has 2 aliphatic rings. The largest absolute Gasteiger partial charge is 0.344 e. The summed E-state index contributed by atoms with van der Waals surface area (Å²) in [4.78, 5) is 0. The number of nitrogens with one attached hydrogen (secondary N) is 1. The average molecular weight is 244 g/mol. The minimum absolute atomic E-state index is 0.170. The lowest BCUT2D eigenvalue weighted by atomic mass is 10.2. The van der Waals surface area contributed by atoms with Crippen LogP contribution in [0, 0.1) is 0 Å². The van der Waals surface area contributed by atoms with Crippen LogP contribution in [-0.4, -0.2) is 31.3 Å².